The van der Waals surface area contributed by atoms with E-state index in [2.05, 4.69) is 26.0 Å². The van der Waals surface area contributed by atoms with Gasteiger partial charge in [-0.25, -0.2) is 13.1 Å². The first-order valence-electron chi connectivity index (χ1n) is 5.58. The quantitative estimate of drug-likeness (QED) is 0.502. The van der Waals surface area contributed by atoms with Crippen molar-refractivity contribution in [2.75, 3.05) is 24.7 Å². The van der Waals surface area contributed by atoms with Gasteiger partial charge >= 0.3 is 0 Å². The van der Waals surface area contributed by atoms with Crippen molar-refractivity contribution in [2.45, 2.75) is 6.42 Å². The number of hydrogen-bond donors (Lipinski definition) is 3. The van der Waals surface area contributed by atoms with E-state index in [9.17, 15) is 8.42 Å². The van der Waals surface area contributed by atoms with Crippen LogP contribution in [0, 0.1) is 0 Å². The van der Waals surface area contributed by atoms with Crippen molar-refractivity contribution in [3.63, 3.8) is 0 Å². The van der Waals surface area contributed by atoms with E-state index in [0.29, 0.717) is 24.5 Å². The maximum atomic E-state index is 10.9. The summed E-state index contributed by atoms with van der Waals surface area (Å²) in [6.07, 6.45) is 1.80. The minimum atomic E-state index is -3.12. The maximum absolute atomic E-state index is 10.9. The van der Waals surface area contributed by atoms with Crippen LogP contribution in [0.1, 0.15) is 12.0 Å². The van der Waals surface area contributed by atoms with Crippen LogP contribution in [0.5, 0.6) is 0 Å². The van der Waals surface area contributed by atoms with E-state index < -0.39 is 10.0 Å². The summed E-state index contributed by atoms with van der Waals surface area (Å²) in [6.45, 7) is 1.01. The van der Waals surface area contributed by atoms with Gasteiger partial charge in [0.25, 0.3) is 0 Å². The molecule has 0 aliphatic rings. The summed E-state index contributed by atoms with van der Waals surface area (Å²) in [5, 5.41) is 3.19. The molecule has 0 saturated carbocycles. The van der Waals surface area contributed by atoms with Crippen molar-refractivity contribution < 1.29 is 8.42 Å². The average Bonchev–Trinajstić information content (AvgIpc) is 2.26. The predicted molar refractivity (Wildman–Crippen MR) is 86.0 cm³/mol. The fraction of sp³-hybridized carbons (Fsp3) is 0.364. The molecule has 0 saturated heterocycles. The van der Waals surface area contributed by atoms with Crippen LogP contribution < -0.4 is 15.8 Å². The Hall–Kier alpha value is -0.700. The molecule has 0 heterocycles. The van der Waals surface area contributed by atoms with Gasteiger partial charge in [-0.1, -0.05) is 18.3 Å². The summed E-state index contributed by atoms with van der Waals surface area (Å²) in [4.78, 5) is 0.309. The maximum Gasteiger partial charge on any atom is 0.208 e. The highest BCUT2D eigenvalue weighted by Crippen LogP contribution is 2.24. The second-order valence-electron chi connectivity index (χ2n) is 3.97. The van der Waals surface area contributed by atoms with Crippen LogP contribution in [0.4, 0.5) is 5.69 Å². The summed E-state index contributed by atoms with van der Waals surface area (Å²) < 4.78 is 25.0. The lowest BCUT2D eigenvalue weighted by atomic mass is 10.1. The van der Waals surface area contributed by atoms with Crippen LogP contribution in [0.2, 0.25) is 0 Å². The molecular weight excluding hydrogens is 350 g/mol. The molecule has 19 heavy (non-hydrogen) atoms. The Morgan fingerprint density at radius 3 is 2.68 bits per heavy atom. The van der Waals surface area contributed by atoms with Gasteiger partial charge in [-0.3, -0.25) is 0 Å². The number of nitrogens with one attached hydrogen (secondary N) is 2. The van der Waals surface area contributed by atoms with E-state index in [1.54, 1.807) is 0 Å². The van der Waals surface area contributed by atoms with Gasteiger partial charge in [0.15, 0.2) is 0 Å². The Labute approximate surface area is 127 Å². The summed E-state index contributed by atoms with van der Waals surface area (Å²) in [6, 6.07) is 5.62. The highest BCUT2D eigenvalue weighted by atomic mass is 79.9. The number of anilines is 1. The zero-order valence-electron chi connectivity index (χ0n) is 10.4. The number of thiocarbonyl (C=S) groups is 1. The van der Waals surface area contributed by atoms with Gasteiger partial charge in [0.1, 0.15) is 4.99 Å². The fourth-order valence-electron chi connectivity index (χ4n) is 1.49. The van der Waals surface area contributed by atoms with Gasteiger partial charge in [-0.2, -0.15) is 0 Å². The normalized spacial score (nSPS) is 11.3. The first-order chi connectivity index (χ1) is 8.81. The summed E-state index contributed by atoms with van der Waals surface area (Å²) in [5.41, 5.74) is 7.27. The molecule has 0 amide bonds. The number of benzene rings is 1. The third kappa shape index (κ3) is 5.85. The number of hydrogen-bond acceptors (Lipinski definition) is 4. The first kappa shape index (κ1) is 16.4. The minimum absolute atomic E-state index is 0.309. The van der Waals surface area contributed by atoms with Crippen LogP contribution >= 0.6 is 28.1 Å². The molecule has 0 aliphatic carbocycles. The van der Waals surface area contributed by atoms with E-state index in [4.69, 9.17) is 18.0 Å². The molecule has 5 nitrogen and oxygen atoms in total. The summed E-state index contributed by atoms with van der Waals surface area (Å²) in [5.74, 6) is 0. The molecule has 1 rings (SSSR count). The zero-order valence-corrected chi connectivity index (χ0v) is 13.7. The van der Waals surface area contributed by atoms with Crippen LogP contribution in [0.25, 0.3) is 0 Å². The summed E-state index contributed by atoms with van der Waals surface area (Å²) >= 11 is 8.40. The molecule has 0 atom stereocenters. The molecule has 0 unspecified atom stereocenters. The van der Waals surface area contributed by atoms with Crippen molar-refractivity contribution in [3.05, 3.63) is 28.2 Å². The highest BCUT2D eigenvalue weighted by molar-refractivity contribution is 9.10. The second kappa shape index (κ2) is 7.18. The van der Waals surface area contributed by atoms with Gasteiger partial charge in [0, 0.05) is 28.8 Å². The largest absolute Gasteiger partial charge is 0.389 e. The smallest absolute Gasteiger partial charge is 0.208 e. The third-order valence-electron chi connectivity index (χ3n) is 2.29. The topological polar surface area (TPSA) is 84.2 Å². The van der Waals surface area contributed by atoms with Crippen LogP contribution in [-0.4, -0.2) is 32.8 Å². The zero-order chi connectivity index (χ0) is 14.5. The van der Waals surface area contributed by atoms with Crippen molar-refractivity contribution in [2.24, 2.45) is 5.73 Å². The Morgan fingerprint density at radius 2 is 2.11 bits per heavy atom. The Balaban J connectivity index is 2.55. The number of rotatable bonds is 7. The predicted octanol–water partition coefficient (Wildman–Crippen LogP) is 1.43. The van der Waals surface area contributed by atoms with Crippen LogP contribution in [0.3, 0.4) is 0 Å². The molecule has 0 aliphatic heterocycles. The van der Waals surface area contributed by atoms with Crippen molar-refractivity contribution >= 4 is 48.8 Å². The van der Waals surface area contributed by atoms with Gasteiger partial charge in [0.05, 0.1) is 6.26 Å². The van der Waals surface area contributed by atoms with E-state index >= 15 is 0 Å². The van der Waals surface area contributed by atoms with E-state index in [-0.39, 0.29) is 0 Å². The summed E-state index contributed by atoms with van der Waals surface area (Å²) in [7, 11) is -3.12. The van der Waals surface area contributed by atoms with Crippen LogP contribution in [-0.2, 0) is 10.0 Å². The van der Waals surface area contributed by atoms with Crippen molar-refractivity contribution in [1.82, 2.24) is 4.72 Å². The van der Waals surface area contributed by atoms with Gasteiger partial charge in [-0.15, -0.1) is 0 Å². The monoisotopic (exact) mass is 365 g/mol. The van der Waals surface area contributed by atoms with E-state index in [1.165, 1.54) is 0 Å². The number of halogens is 1. The molecule has 8 heteroatoms. The lowest BCUT2D eigenvalue weighted by Gasteiger charge is -2.12. The van der Waals surface area contributed by atoms with E-state index in [0.717, 1.165) is 22.0 Å². The molecule has 106 valence electrons. The van der Waals surface area contributed by atoms with Gasteiger partial charge < -0.3 is 11.1 Å². The molecule has 0 radical (unpaired) electrons. The Bertz CT molecular complexity index is 561. The fourth-order valence-corrected chi connectivity index (χ4v) is 2.94. The van der Waals surface area contributed by atoms with Crippen LogP contribution in [0.15, 0.2) is 22.7 Å². The minimum Gasteiger partial charge on any atom is -0.389 e. The highest BCUT2D eigenvalue weighted by Gasteiger charge is 2.08. The molecule has 0 fully saturated rings. The first-order valence-corrected chi connectivity index (χ1v) is 8.67. The number of nitrogens with two attached hydrogens (primary N) is 1. The van der Waals surface area contributed by atoms with Gasteiger partial charge in [0.2, 0.25) is 10.0 Å². The Kier molecular flexibility index (Phi) is 6.18. The third-order valence-corrected chi connectivity index (χ3v) is 3.89. The van der Waals surface area contributed by atoms with Crippen molar-refractivity contribution in [3.8, 4) is 0 Å². The molecular formula is C11H16BrN3O2S2. The molecule has 4 N–H and O–H groups in total. The second-order valence-corrected chi connectivity index (χ2v) is 7.10. The van der Waals surface area contributed by atoms with E-state index in [1.807, 2.05) is 18.2 Å². The standard InChI is InChI=1S/C11H16BrN3O2S2/c1-19(16,17)15-7-3-6-14-9-5-2-4-8(12)10(9)11(13)18/h2,4-5,14-15H,3,6-7H2,1H3,(H2,13,18). The lowest BCUT2D eigenvalue weighted by Crippen LogP contribution is -2.24. The lowest BCUT2D eigenvalue weighted by molar-refractivity contribution is 0.586. The number of sulfonamides is 1. The van der Waals surface area contributed by atoms with Gasteiger partial charge in [-0.05, 0) is 34.5 Å². The SMILES string of the molecule is CS(=O)(=O)NCCCNc1cccc(Br)c1C(N)=S. The molecule has 1 aromatic rings. The Morgan fingerprint density at radius 1 is 1.42 bits per heavy atom. The molecule has 0 aromatic heterocycles. The molecule has 1 aromatic carbocycles. The van der Waals surface area contributed by atoms with Crippen molar-refractivity contribution in [1.29, 1.82) is 0 Å². The molecule has 0 bridgehead atoms. The average molecular weight is 366 g/mol. The molecule has 0 spiro atoms.